The van der Waals surface area contributed by atoms with Gasteiger partial charge in [0.15, 0.2) is 0 Å². The molecule has 1 rings (SSSR count). The average Bonchev–Trinajstić information content (AvgIpc) is 2.38. The largest absolute Gasteiger partial charge is 0.388 e. The zero-order valence-electron chi connectivity index (χ0n) is 9.80. The summed E-state index contributed by atoms with van der Waals surface area (Å²) < 4.78 is 0. The second-order valence-electron chi connectivity index (χ2n) is 3.69. The van der Waals surface area contributed by atoms with Crippen molar-refractivity contribution in [1.29, 1.82) is 10.5 Å². The Morgan fingerprint density at radius 3 is 2.12 bits per heavy atom. The Kier molecular flexibility index (Phi) is 5.00. The van der Waals surface area contributed by atoms with Crippen LogP contribution in [-0.2, 0) is 0 Å². The van der Waals surface area contributed by atoms with Gasteiger partial charge in [-0.1, -0.05) is 19.1 Å². The van der Waals surface area contributed by atoms with Crippen molar-refractivity contribution in [2.75, 3.05) is 18.0 Å². The number of rotatable bonds is 5. The Hall–Kier alpha value is -2.04. The van der Waals surface area contributed by atoms with Crippen LogP contribution in [0.1, 0.15) is 25.0 Å². The van der Waals surface area contributed by atoms with E-state index in [0.29, 0.717) is 6.42 Å². The second kappa shape index (κ2) is 6.52. The number of aliphatic hydroxyl groups excluding tert-OH is 1. The number of aliphatic hydroxyl groups is 1. The monoisotopic (exact) mass is 229 g/mol. The molecule has 17 heavy (non-hydrogen) atoms. The topological polar surface area (TPSA) is 71.0 Å². The standard InChI is InChI=1S/C13H15N3O/c1-2-13(17)11-3-5-12(6-4-11)16(9-7-14)10-8-15/h3-6,13,17H,2,9-10H2,1H3/t13-/m0/s1. The first kappa shape index (κ1) is 13.0. The van der Waals surface area contributed by atoms with Gasteiger partial charge in [0.25, 0.3) is 0 Å². The number of anilines is 1. The minimum atomic E-state index is -0.454. The lowest BCUT2D eigenvalue weighted by Crippen LogP contribution is -2.23. The predicted octanol–water partition coefficient (Wildman–Crippen LogP) is 1.98. The van der Waals surface area contributed by atoms with Crippen molar-refractivity contribution in [3.05, 3.63) is 29.8 Å². The Labute approximate surface area is 101 Å². The first-order chi connectivity index (χ1) is 8.22. The highest BCUT2D eigenvalue weighted by atomic mass is 16.3. The van der Waals surface area contributed by atoms with E-state index in [1.165, 1.54) is 0 Å². The third-order valence-corrected chi connectivity index (χ3v) is 2.55. The molecule has 0 heterocycles. The fourth-order valence-corrected chi connectivity index (χ4v) is 1.55. The minimum absolute atomic E-state index is 0.184. The zero-order chi connectivity index (χ0) is 12.7. The van der Waals surface area contributed by atoms with Gasteiger partial charge >= 0.3 is 0 Å². The Balaban J connectivity index is 2.85. The highest BCUT2D eigenvalue weighted by Gasteiger charge is 2.07. The number of hydrogen-bond donors (Lipinski definition) is 1. The third-order valence-electron chi connectivity index (χ3n) is 2.55. The average molecular weight is 229 g/mol. The first-order valence-electron chi connectivity index (χ1n) is 5.49. The van der Waals surface area contributed by atoms with Gasteiger partial charge in [-0.15, -0.1) is 0 Å². The summed E-state index contributed by atoms with van der Waals surface area (Å²) >= 11 is 0. The number of hydrogen-bond acceptors (Lipinski definition) is 4. The molecule has 0 spiro atoms. The summed E-state index contributed by atoms with van der Waals surface area (Å²) in [7, 11) is 0. The normalized spacial score (nSPS) is 11.3. The van der Waals surface area contributed by atoms with E-state index in [-0.39, 0.29) is 13.1 Å². The molecule has 0 fully saturated rings. The first-order valence-corrected chi connectivity index (χ1v) is 5.49. The van der Waals surface area contributed by atoms with Crippen molar-refractivity contribution < 1.29 is 5.11 Å². The molecule has 0 aromatic heterocycles. The summed E-state index contributed by atoms with van der Waals surface area (Å²) in [5, 5.41) is 27.0. The van der Waals surface area contributed by atoms with E-state index in [2.05, 4.69) is 0 Å². The molecule has 88 valence electrons. The van der Waals surface area contributed by atoms with Crippen molar-refractivity contribution in [2.24, 2.45) is 0 Å². The maximum Gasteiger partial charge on any atom is 0.106 e. The molecule has 0 saturated heterocycles. The van der Waals surface area contributed by atoms with Gasteiger partial charge in [0, 0.05) is 5.69 Å². The van der Waals surface area contributed by atoms with Crippen molar-refractivity contribution in [3.8, 4) is 12.1 Å². The molecule has 0 bridgehead atoms. The van der Waals surface area contributed by atoms with E-state index in [9.17, 15) is 5.11 Å². The Morgan fingerprint density at radius 1 is 1.18 bits per heavy atom. The molecule has 1 aromatic carbocycles. The molecular weight excluding hydrogens is 214 g/mol. The third kappa shape index (κ3) is 3.48. The molecule has 0 unspecified atom stereocenters. The summed E-state index contributed by atoms with van der Waals surface area (Å²) in [6, 6.07) is 11.3. The van der Waals surface area contributed by atoms with Crippen molar-refractivity contribution >= 4 is 5.69 Å². The van der Waals surface area contributed by atoms with Gasteiger partial charge < -0.3 is 10.0 Å². The molecule has 0 saturated carbocycles. The molecular formula is C13H15N3O. The molecule has 0 aliphatic heterocycles. The Bertz CT molecular complexity index is 411. The molecule has 0 radical (unpaired) electrons. The number of nitrogens with zero attached hydrogens (tertiary/aromatic N) is 3. The lowest BCUT2D eigenvalue weighted by atomic mass is 10.1. The van der Waals surface area contributed by atoms with Crippen LogP contribution in [0.3, 0.4) is 0 Å². The van der Waals surface area contributed by atoms with Crippen LogP contribution < -0.4 is 4.90 Å². The quantitative estimate of drug-likeness (QED) is 0.784. The van der Waals surface area contributed by atoms with Crippen LogP contribution in [0.4, 0.5) is 5.69 Å². The van der Waals surface area contributed by atoms with E-state index in [0.717, 1.165) is 11.3 Å². The zero-order valence-corrected chi connectivity index (χ0v) is 9.80. The minimum Gasteiger partial charge on any atom is -0.388 e. The maximum absolute atomic E-state index is 9.65. The molecule has 0 amide bonds. The summed E-state index contributed by atoms with van der Waals surface area (Å²) in [6.07, 6.45) is 0.212. The van der Waals surface area contributed by atoms with Gasteiger partial charge in [0.2, 0.25) is 0 Å². The van der Waals surface area contributed by atoms with Gasteiger partial charge in [-0.25, -0.2) is 0 Å². The van der Waals surface area contributed by atoms with Crippen LogP contribution in [0, 0.1) is 22.7 Å². The van der Waals surface area contributed by atoms with Crippen molar-refractivity contribution in [3.63, 3.8) is 0 Å². The summed E-state index contributed by atoms with van der Waals surface area (Å²) in [4.78, 5) is 1.68. The number of nitriles is 2. The van der Waals surface area contributed by atoms with Crippen LogP contribution in [0.25, 0.3) is 0 Å². The summed E-state index contributed by atoms with van der Waals surface area (Å²) in [5.74, 6) is 0. The van der Waals surface area contributed by atoms with Crippen LogP contribution in [0.5, 0.6) is 0 Å². The smallest absolute Gasteiger partial charge is 0.106 e. The van der Waals surface area contributed by atoms with Crippen LogP contribution >= 0.6 is 0 Å². The molecule has 0 aliphatic rings. The maximum atomic E-state index is 9.65. The van der Waals surface area contributed by atoms with Gasteiger partial charge in [-0.05, 0) is 24.1 Å². The van der Waals surface area contributed by atoms with Crippen molar-refractivity contribution in [2.45, 2.75) is 19.4 Å². The molecule has 0 aliphatic carbocycles. The van der Waals surface area contributed by atoms with E-state index >= 15 is 0 Å². The fraction of sp³-hybridized carbons (Fsp3) is 0.385. The van der Waals surface area contributed by atoms with Crippen LogP contribution in [0.15, 0.2) is 24.3 Å². The van der Waals surface area contributed by atoms with Gasteiger partial charge in [0.1, 0.15) is 13.1 Å². The van der Waals surface area contributed by atoms with E-state index in [1.807, 2.05) is 43.3 Å². The second-order valence-corrected chi connectivity index (χ2v) is 3.69. The van der Waals surface area contributed by atoms with E-state index in [1.54, 1.807) is 4.90 Å². The summed E-state index contributed by atoms with van der Waals surface area (Å²) in [6.45, 7) is 2.28. The molecule has 4 heteroatoms. The van der Waals surface area contributed by atoms with Gasteiger partial charge in [0.05, 0.1) is 18.2 Å². The van der Waals surface area contributed by atoms with Gasteiger partial charge in [-0.2, -0.15) is 10.5 Å². The predicted molar refractivity (Wildman–Crippen MR) is 65.1 cm³/mol. The fourth-order valence-electron chi connectivity index (χ4n) is 1.55. The molecule has 1 aromatic rings. The SMILES string of the molecule is CC[C@H](O)c1ccc(N(CC#N)CC#N)cc1. The van der Waals surface area contributed by atoms with Gasteiger partial charge in [-0.3, -0.25) is 0 Å². The van der Waals surface area contributed by atoms with Crippen LogP contribution in [-0.4, -0.2) is 18.2 Å². The van der Waals surface area contributed by atoms with Crippen molar-refractivity contribution in [1.82, 2.24) is 0 Å². The molecule has 1 atom stereocenters. The highest BCUT2D eigenvalue weighted by molar-refractivity contribution is 5.49. The lowest BCUT2D eigenvalue weighted by Gasteiger charge is -2.18. The molecule has 1 N–H and O–H groups in total. The van der Waals surface area contributed by atoms with E-state index < -0.39 is 6.10 Å². The lowest BCUT2D eigenvalue weighted by molar-refractivity contribution is 0.173. The summed E-state index contributed by atoms with van der Waals surface area (Å²) in [5.41, 5.74) is 1.67. The highest BCUT2D eigenvalue weighted by Crippen LogP contribution is 2.20. The molecule has 4 nitrogen and oxygen atoms in total. The van der Waals surface area contributed by atoms with Crippen LogP contribution in [0.2, 0.25) is 0 Å². The van der Waals surface area contributed by atoms with E-state index in [4.69, 9.17) is 10.5 Å². The number of benzene rings is 1. The Morgan fingerprint density at radius 2 is 1.71 bits per heavy atom.